The van der Waals surface area contributed by atoms with Gasteiger partial charge in [0.25, 0.3) is 0 Å². The number of hydrogen-bond acceptors (Lipinski definition) is 3. The molecule has 0 aromatic carbocycles. The lowest BCUT2D eigenvalue weighted by atomic mass is 9.80. The van der Waals surface area contributed by atoms with Gasteiger partial charge in [-0.05, 0) is 51.9 Å². The summed E-state index contributed by atoms with van der Waals surface area (Å²) >= 11 is 0. The summed E-state index contributed by atoms with van der Waals surface area (Å²) in [6.45, 7) is 9.57. The van der Waals surface area contributed by atoms with E-state index in [-0.39, 0.29) is 24.4 Å². The van der Waals surface area contributed by atoms with Crippen LogP contribution in [0.3, 0.4) is 0 Å². The van der Waals surface area contributed by atoms with E-state index in [1.807, 2.05) is 0 Å². The van der Waals surface area contributed by atoms with E-state index in [0.717, 1.165) is 25.2 Å². The van der Waals surface area contributed by atoms with Gasteiger partial charge in [0, 0.05) is 12.6 Å². The largest absolute Gasteiger partial charge is 0.337 e. The summed E-state index contributed by atoms with van der Waals surface area (Å²) < 4.78 is 23.1. The molecule has 2 amide bonds. The van der Waals surface area contributed by atoms with Gasteiger partial charge >= 0.3 is 6.03 Å². The average Bonchev–Trinajstić information content (AvgIpc) is 2.31. The van der Waals surface area contributed by atoms with Crippen LogP contribution in [0.15, 0.2) is 0 Å². The van der Waals surface area contributed by atoms with E-state index in [2.05, 4.69) is 24.5 Å². The molecule has 1 aliphatic rings. The summed E-state index contributed by atoms with van der Waals surface area (Å²) in [7, 11) is -3.19. The molecule has 1 saturated carbocycles. The van der Waals surface area contributed by atoms with Gasteiger partial charge in [-0.25, -0.2) is 13.2 Å². The fraction of sp³-hybridized carbons (Fsp3) is 0.933. The van der Waals surface area contributed by atoms with Crippen LogP contribution in [0.1, 0.15) is 53.9 Å². The fourth-order valence-corrected chi connectivity index (χ4v) is 3.69. The number of carbonyl (C=O) groups is 1. The van der Waals surface area contributed by atoms with Crippen molar-refractivity contribution in [1.29, 1.82) is 0 Å². The quantitative estimate of drug-likeness (QED) is 0.835. The molecular formula is C15H30N2O3S. The summed E-state index contributed by atoms with van der Waals surface area (Å²) in [5, 5.41) is 5.63. The average molecular weight is 318 g/mol. The van der Waals surface area contributed by atoms with Gasteiger partial charge in [0.15, 0.2) is 9.84 Å². The third kappa shape index (κ3) is 5.49. The number of rotatable bonds is 4. The smallest absolute Gasteiger partial charge is 0.315 e. The number of sulfone groups is 1. The molecule has 3 atom stereocenters. The van der Waals surface area contributed by atoms with Gasteiger partial charge in [-0.15, -0.1) is 0 Å². The summed E-state index contributed by atoms with van der Waals surface area (Å²) in [4.78, 5) is 11.9. The lowest BCUT2D eigenvalue weighted by molar-refractivity contribution is 0.207. The Morgan fingerprint density at radius 3 is 2.33 bits per heavy atom. The van der Waals surface area contributed by atoms with Crippen LogP contribution in [-0.2, 0) is 9.84 Å². The van der Waals surface area contributed by atoms with Crippen molar-refractivity contribution in [2.75, 3.05) is 12.3 Å². The van der Waals surface area contributed by atoms with Gasteiger partial charge < -0.3 is 10.6 Å². The Morgan fingerprint density at radius 2 is 1.81 bits per heavy atom. The maximum Gasteiger partial charge on any atom is 0.315 e. The molecule has 0 aromatic heterocycles. The monoisotopic (exact) mass is 318 g/mol. The molecule has 0 unspecified atom stereocenters. The van der Waals surface area contributed by atoms with Crippen LogP contribution in [-0.4, -0.2) is 37.5 Å². The number of hydrogen-bond donors (Lipinski definition) is 2. The first-order valence-electron chi connectivity index (χ1n) is 7.79. The molecule has 2 N–H and O–H groups in total. The Bertz CT molecular complexity index is 454. The molecule has 1 rings (SSSR count). The van der Waals surface area contributed by atoms with Crippen molar-refractivity contribution in [2.45, 2.75) is 64.7 Å². The van der Waals surface area contributed by atoms with Crippen molar-refractivity contribution >= 4 is 15.9 Å². The third-order valence-electron chi connectivity index (χ3n) is 4.34. The van der Waals surface area contributed by atoms with Crippen LogP contribution < -0.4 is 10.6 Å². The summed E-state index contributed by atoms with van der Waals surface area (Å²) in [6, 6.07) is -0.0639. The third-order valence-corrected chi connectivity index (χ3v) is 6.94. The topological polar surface area (TPSA) is 75.3 Å². The first kappa shape index (κ1) is 18.3. The van der Waals surface area contributed by atoms with E-state index in [1.165, 1.54) is 0 Å². The Balaban J connectivity index is 2.35. The predicted octanol–water partition coefficient (Wildman–Crippen LogP) is 2.32. The van der Waals surface area contributed by atoms with Gasteiger partial charge in [0.05, 0.1) is 10.5 Å². The molecule has 0 heterocycles. The van der Waals surface area contributed by atoms with Crippen LogP contribution in [0.5, 0.6) is 0 Å². The van der Waals surface area contributed by atoms with E-state index >= 15 is 0 Å². The molecule has 0 spiro atoms. The normalized spacial score (nSPS) is 27.2. The number of nitrogens with one attached hydrogen (secondary N) is 2. The van der Waals surface area contributed by atoms with Crippen LogP contribution >= 0.6 is 0 Å². The second-order valence-corrected chi connectivity index (χ2v) is 10.2. The Labute approximate surface area is 129 Å². The standard InChI is InChI=1S/C15H30N2O3S/c1-11-6-7-13(12(2)10-11)17-14(18)16-8-9-21(19,20)15(3,4)5/h11-13H,6-10H2,1-5H3,(H2,16,17,18)/t11-,12-,13-/m1/s1. The molecule has 124 valence electrons. The number of carbonyl (C=O) groups excluding carboxylic acids is 1. The summed E-state index contributed by atoms with van der Waals surface area (Å²) in [5.41, 5.74) is 0. The second kappa shape index (κ2) is 6.99. The Kier molecular flexibility index (Phi) is 6.08. The van der Waals surface area contributed by atoms with Crippen LogP contribution in [0.4, 0.5) is 4.79 Å². The van der Waals surface area contributed by atoms with Gasteiger partial charge in [-0.1, -0.05) is 13.8 Å². The van der Waals surface area contributed by atoms with Gasteiger partial charge in [0.2, 0.25) is 0 Å². The zero-order valence-corrected chi connectivity index (χ0v) is 14.7. The van der Waals surface area contributed by atoms with E-state index in [1.54, 1.807) is 20.8 Å². The van der Waals surface area contributed by atoms with E-state index in [4.69, 9.17) is 0 Å². The van der Waals surface area contributed by atoms with Crippen LogP contribution in [0.2, 0.25) is 0 Å². The predicted molar refractivity (Wildman–Crippen MR) is 86.0 cm³/mol. The van der Waals surface area contributed by atoms with Gasteiger partial charge in [-0.3, -0.25) is 0 Å². The highest BCUT2D eigenvalue weighted by Gasteiger charge is 2.29. The molecule has 6 heteroatoms. The first-order chi connectivity index (χ1) is 9.53. The van der Waals surface area contributed by atoms with E-state index in [0.29, 0.717) is 5.92 Å². The van der Waals surface area contributed by atoms with Crippen LogP contribution in [0.25, 0.3) is 0 Å². The van der Waals surface area contributed by atoms with Crippen molar-refractivity contribution in [1.82, 2.24) is 10.6 Å². The Morgan fingerprint density at radius 1 is 1.19 bits per heavy atom. The molecule has 1 aliphatic carbocycles. The minimum Gasteiger partial charge on any atom is -0.337 e. The molecule has 5 nitrogen and oxygen atoms in total. The zero-order chi connectivity index (χ0) is 16.3. The van der Waals surface area contributed by atoms with Crippen molar-refractivity contribution in [3.05, 3.63) is 0 Å². The first-order valence-corrected chi connectivity index (χ1v) is 9.45. The summed E-state index contributed by atoms with van der Waals surface area (Å²) in [6.07, 6.45) is 3.26. The highest BCUT2D eigenvalue weighted by molar-refractivity contribution is 7.92. The van der Waals surface area contributed by atoms with Crippen molar-refractivity contribution in [3.8, 4) is 0 Å². The maximum absolute atomic E-state index is 11.9. The lowest BCUT2D eigenvalue weighted by Gasteiger charge is -2.33. The lowest BCUT2D eigenvalue weighted by Crippen LogP contribution is -2.48. The molecule has 21 heavy (non-hydrogen) atoms. The van der Waals surface area contributed by atoms with E-state index in [9.17, 15) is 13.2 Å². The fourth-order valence-electron chi connectivity index (χ4n) is 2.70. The van der Waals surface area contributed by atoms with E-state index < -0.39 is 14.6 Å². The Hall–Kier alpha value is -0.780. The zero-order valence-electron chi connectivity index (χ0n) is 13.9. The molecule has 0 aliphatic heterocycles. The van der Waals surface area contributed by atoms with Gasteiger partial charge in [-0.2, -0.15) is 0 Å². The number of amides is 2. The highest BCUT2D eigenvalue weighted by Crippen LogP contribution is 2.28. The highest BCUT2D eigenvalue weighted by atomic mass is 32.2. The maximum atomic E-state index is 11.9. The number of urea groups is 1. The van der Waals surface area contributed by atoms with Crippen molar-refractivity contribution < 1.29 is 13.2 Å². The van der Waals surface area contributed by atoms with Gasteiger partial charge in [0.1, 0.15) is 0 Å². The minimum atomic E-state index is -3.19. The molecule has 0 bridgehead atoms. The van der Waals surface area contributed by atoms with Crippen molar-refractivity contribution in [3.63, 3.8) is 0 Å². The SMILES string of the molecule is C[C@@H]1CC[C@@H](NC(=O)NCCS(=O)(=O)C(C)(C)C)[C@H](C)C1. The summed E-state index contributed by atoms with van der Waals surface area (Å²) in [5.74, 6) is 1.16. The molecular weight excluding hydrogens is 288 g/mol. The molecule has 0 aromatic rings. The van der Waals surface area contributed by atoms with Crippen LogP contribution in [0, 0.1) is 11.8 Å². The minimum absolute atomic E-state index is 0.0266. The molecule has 0 saturated heterocycles. The van der Waals surface area contributed by atoms with Crippen molar-refractivity contribution in [2.24, 2.45) is 11.8 Å². The molecule has 0 radical (unpaired) electrons. The molecule has 1 fully saturated rings. The second-order valence-electron chi connectivity index (χ2n) is 7.33.